The Morgan fingerprint density at radius 2 is 1.77 bits per heavy atom. The molecule has 0 saturated heterocycles. The van der Waals surface area contributed by atoms with E-state index in [1.54, 1.807) is 26.0 Å². The molecule has 0 aliphatic carbocycles. The minimum atomic E-state index is -0.563. The van der Waals surface area contributed by atoms with E-state index in [-0.39, 0.29) is 23.6 Å². The van der Waals surface area contributed by atoms with Gasteiger partial charge >= 0.3 is 0 Å². The summed E-state index contributed by atoms with van der Waals surface area (Å²) in [6, 6.07) is 4.63. The van der Waals surface area contributed by atoms with Gasteiger partial charge in [-0.05, 0) is 53.5 Å². The predicted octanol–water partition coefficient (Wildman–Crippen LogP) is 2.37. The number of hydrazone groups is 1. The number of hydrogen-bond acceptors (Lipinski definition) is 7. The molecule has 0 unspecified atom stereocenters. The third-order valence-corrected chi connectivity index (χ3v) is 5.32. The lowest BCUT2D eigenvalue weighted by atomic mass is 10.0. The number of carbonyl (C=O) groups excluding carboxylic acids is 2. The van der Waals surface area contributed by atoms with Gasteiger partial charge < -0.3 is 25.0 Å². The summed E-state index contributed by atoms with van der Waals surface area (Å²) in [5, 5.41) is 26.4. The van der Waals surface area contributed by atoms with Gasteiger partial charge in [-0.3, -0.25) is 9.59 Å². The number of nitrogens with one attached hydrogen (secondary N) is 2. The maximum atomic E-state index is 12.2. The van der Waals surface area contributed by atoms with Gasteiger partial charge in [-0.25, -0.2) is 5.43 Å². The molecule has 9 nitrogen and oxygen atoms in total. The highest BCUT2D eigenvalue weighted by Gasteiger charge is 2.16. The van der Waals surface area contributed by atoms with E-state index in [9.17, 15) is 19.8 Å². The zero-order chi connectivity index (χ0) is 22.4. The fraction of sp³-hybridized carbons (Fsp3) is 0.250. The second-order valence-corrected chi connectivity index (χ2v) is 7.01. The summed E-state index contributed by atoms with van der Waals surface area (Å²) in [6.45, 7) is 2.91. The summed E-state index contributed by atoms with van der Waals surface area (Å²) in [4.78, 5) is 24.2. The van der Waals surface area contributed by atoms with E-state index in [2.05, 4.69) is 31.8 Å². The summed E-state index contributed by atoms with van der Waals surface area (Å²) in [7, 11) is 2.94. The summed E-state index contributed by atoms with van der Waals surface area (Å²) in [5.41, 5.74) is 3.74. The molecule has 2 amide bonds. The molecule has 0 aromatic heterocycles. The molecule has 0 heterocycles. The summed E-state index contributed by atoms with van der Waals surface area (Å²) >= 11 is 3.24. The molecule has 2 aromatic carbocycles. The smallest absolute Gasteiger partial charge is 0.259 e. The van der Waals surface area contributed by atoms with Crippen LogP contribution >= 0.6 is 15.9 Å². The molecule has 0 aliphatic rings. The topological polar surface area (TPSA) is 129 Å². The second-order valence-electron chi connectivity index (χ2n) is 6.22. The number of rotatable bonds is 7. The van der Waals surface area contributed by atoms with Gasteiger partial charge in [0, 0.05) is 16.7 Å². The molecule has 0 spiro atoms. The first-order chi connectivity index (χ1) is 14.2. The first-order valence-corrected chi connectivity index (χ1v) is 9.53. The van der Waals surface area contributed by atoms with Crippen LogP contribution in [0.2, 0.25) is 0 Å². The molecule has 0 fully saturated rings. The van der Waals surface area contributed by atoms with Crippen LogP contribution in [0.5, 0.6) is 23.0 Å². The van der Waals surface area contributed by atoms with Gasteiger partial charge in [0.05, 0.1) is 31.5 Å². The molecule has 0 bridgehead atoms. The van der Waals surface area contributed by atoms with Crippen molar-refractivity contribution in [3.8, 4) is 23.0 Å². The molecule has 160 valence electrons. The van der Waals surface area contributed by atoms with Crippen LogP contribution in [0, 0.1) is 13.8 Å². The normalized spacial score (nSPS) is 10.7. The maximum Gasteiger partial charge on any atom is 0.259 e. The van der Waals surface area contributed by atoms with Crippen LogP contribution < -0.4 is 20.2 Å². The number of methoxy groups -OCH3 is 2. The van der Waals surface area contributed by atoms with E-state index in [1.807, 2.05) is 0 Å². The molecular weight excluding hydrogens is 458 g/mol. The Kier molecular flexibility index (Phi) is 7.65. The average Bonchev–Trinajstić information content (AvgIpc) is 2.76. The van der Waals surface area contributed by atoms with Crippen molar-refractivity contribution in [2.75, 3.05) is 20.8 Å². The van der Waals surface area contributed by atoms with Gasteiger partial charge in [0.25, 0.3) is 11.8 Å². The number of carbonyl (C=O) groups is 2. The van der Waals surface area contributed by atoms with E-state index in [0.717, 1.165) is 0 Å². The molecule has 0 atom stereocenters. The lowest BCUT2D eigenvalue weighted by Crippen LogP contribution is -2.34. The standard InChI is InChI=1S/C20H22BrN3O6/c1-10-13(18(26)11(2)19(27)17(10)21)8-23-24-16(25)9-22-20(28)12-5-6-14(29-3)15(7-12)30-4/h5-8,26-27H,9H2,1-4H3,(H,22,28)(H,24,25). The van der Waals surface area contributed by atoms with Crippen LogP contribution in [0.4, 0.5) is 0 Å². The van der Waals surface area contributed by atoms with E-state index in [0.29, 0.717) is 32.7 Å². The predicted molar refractivity (Wildman–Crippen MR) is 115 cm³/mol. The van der Waals surface area contributed by atoms with Crippen molar-refractivity contribution in [2.45, 2.75) is 13.8 Å². The Morgan fingerprint density at radius 1 is 1.10 bits per heavy atom. The van der Waals surface area contributed by atoms with Crippen LogP contribution in [0.1, 0.15) is 27.0 Å². The molecule has 2 rings (SSSR count). The third kappa shape index (κ3) is 5.01. The van der Waals surface area contributed by atoms with Crippen molar-refractivity contribution in [1.82, 2.24) is 10.7 Å². The fourth-order valence-electron chi connectivity index (χ4n) is 2.56. The van der Waals surface area contributed by atoms with Gasteiger partial charge in [0.15, 0.2) is 11.5 Å². The Morgan fingerprint density at radius 3 is 2.40 bits per heavy atom. The first-order valence-electron chi connectivity index (χ1n) is 8.73. The van der Waals surface area contributed by atoms with Crippen LogP contribution in [0.3, 0.4) is 0 Å². The summed E-state index contributed by atoms with van der Waals surface area (Å²) in [6.07, 6.45) is 1.26. The molecule has 0 aliphatic heterocycles. The molecular formula is C20H22BrN3O6. The third-order valence-electron chi connectivity index (χ3n) is 4.34. The van der Waals surface area contributed by atoms with Crippen molar-refractivity contribution in [1.29, 1.82) is 0 Å². The highest BCUT2D eigenvalue weighted by molar-refractivity contribution is 9.10. The van der Waals surface area contributed by atoms with Crippen molar-refractivity contribution in [3.63, 3.8) is 0 Å². The number of halogens is 1. The van der Waals surface area contributed by atoms with Gasteiger partial charge in [-0.1, -0.05) is 0 Å². The number of amides is 2. The Hall–Kier alpha value is -3.27. The van der Waals surface area contributed by atoms with Gasteiger partial charge in [0.2, 0.25) is 0 Å². The van der Waals surface area contributed by atoms with E-state index >= 15 is 0 Å². The van der Waals surface area contributed by atoms with Crippen LogP contribution in [-0.4, -0.2) is 49.0 Å². The molecule has 0 radical (unpaired) electrons. The van der Waals surface area contributed by atoms with E-state index < -0.39 is 11.8 Å². The van der Waals surface area contributed by atoms with Gasteiger partial charge in [-0.15, -0.1) is 0 Å². The minimum absolute atomic E-state index is 0.0657. The molecule has 10 heteroatoms. The lowest BCUT2D eigenvalue weighted by Gasteiger charge is -2.12. The SMILES string of the molecule is COc1ccc(C(=O)NCC(=O)NN=Cc2c(C)c(Br)c(O)c(C)c2O)cc1OC. The number of phenolic OH excluding ortho intramolecular Hbond substituents is 2. The summed E-state index contributed by atoms with van der Waals surface area (Å²) in [5.74, 6) is -0.369. The number of phenols is 2. The van der Waals surface area contributed by atoms with Crippen LogP contribution in [0.15, 0.2) is 27.8 Å². The fourth-order valence-corrected chi connectivity index (χ4v) is 3.07. The molecule has 4 N–H and O–H groups in total. The number of benzene rings is 2. The quantitative estimate of drug-likeness (QED) is 0.356. The van der Waals surface area contributed by atoms with Crippen molar-refractivity contribution < 1.29 is 29.3 Å². The van der Waals surface area contributed by atoms with Crippen LogP contribution in [0.25, 0.3) is 0 Å². The number of nitrogens with zero attached hydrogens (tertiary/aromatic N) is 1. The highest BCUT2D eigenvalue weighted by Crippen LogP contribution is 2.39. The van der Waals surface area contributed by atoms with Gasteiger partial charge in [0.1, 0.15) is 11.5 Å². The zero-order valence-corrected chi connectivity index (χ0v) is 18.5. The van der Waals surface area contributed by atoms with E-state index in [1.165, 1.54) is 26.5 Å². The Balaban J connectivity index is 1.98. The van der Waals surface area contributed by atoms with Crippen molar-refractivity contribution in [2.24, 2.45) is 5.10 Å². The number of ether oxygens (including phenoxy) is 2. The van der Waals surface area contributed by atoms with Crippen LogP contribution in [-0.2, 0) is 4.79 Å². The Bertz CT molecular complexity index is 978. The first kappa shape index (κ1) is 23.0. The molecule has 30 heavy (non-hydrogen) atoms. The minimum Gasteiger partial charge on any atom is -0.507 e. The molecule has 0 saturated carbocycles. The summed E-state index contributed by atoms with van der Waals surface area (Å²) < 4.78 is 10.7. The van der Waals surface area contributed by atoms with Gasteiger partial charge in [-0.2, -0.15) is 5.10 Å². The van der Waals surface area contributed by atoms with E-state index in [4.69, 9.17) is 9.47 Å². The second kappa shape index (κ2) is 9.97. The average molecular weight is 480 g/mol. The Labute approximate surface area is 181 Å². The number of hydrogen-bond donors (Lipinski definition) is 4. The maximum absolute atomic E-state index is 12.2. The highest BCUT2D eigenvalue weighted by atomic mass is 79.9. The largest absolute Gasteiger partial charge is 0.507 e. The zero-order valence-electron chi connectivity index (χ0n) is 16.9. The van der Waals surface area contributed by atoms with Crippen molar-refractivity contribution >= 4 is 34.0 Å². The van der Waals surface area contributed by atoms with Crippen molar-refractivity contribution in [3.05, 3.63) is 44.9 Å². The molecule has 2 aromatic rings. The lowest BCUT2D eigenvalue weighted by molar-refractivity contribution is -0.120. The number of aromatic hydroxyl groups is 2. The monoisotopic (exact) mass is 479 g/mol.